The highest BCUT2D eigenvalue weighted by Crippen LogP contribution is 2.39. The molecule has 0 bridgehead atoms. The van der Waals surface area contributed by atoms with Gasteiger partial charge in [-0.3, -0.25) is 4.90 Å². The topological polar surface area (TPSA) is 29.3 Å². The van der Waals surface area contributed by atoms with Crippen LogP contribution < -0.4 is 5.73 Å². The average Bonchev–Trinajstić information content (AvgIpc) is 2.92. The lowest BCUT2D eigenvalue weighted by molar-refractivity contribution is 0.0714. The highest BCUT2D eigenvalue weighted by molar-refractivity contribution is 4.92. The summed E-state index contributed by atoms with van der Waals surface area (Å²) < 4.78 is 0. The second kappa shape index (κ2) is 6.79. The fourth-order valence-electron chi connectivity index (χ4n) is 5.35. The Hall–Kier alpha value is -0.0800. The molecule has 1 heterocycles. The first-order valence-corrected chi connectivity index (χ1v) is 9.27. The molecule has 2 nitrogen and oxygen atoms in total. The number of fused-ring (bicyclic) bond motifs is 1. The van der Waals surface area contributed by atoms with Crippen molar-refractivity contribution >= 4 is 0 Å². The first kappa shape index (κ1) is 14.8. The molecule has 0 spiro atoms. The number of nitrogens with two attached hydrogens (primary N) is 1. The van der Waals surface area contributed by atoms with Crippen LogP contribution in [0.1, 0.15) is 71.1 Å². The molecule has 1 aliphatic heterocycles. The van der Waals surface area contributed by atoms with E-state index in [0.717, 1.165) is 23.8 Å². The Morgan fingerprint density at radius 1 is 1.05 bits per heavy atom. The third-order valence-electron chi connectivity index (χ3n) is 6.42. The lowest BCUT2D eigenvalue weighted by Gasteiger charge is -2.43. The molecule has 3 rings (SSSR count). The smallest absolute Gasteiger partial charge is 0.0124 e. The molecule has 116 valence electrons. The number of piperidine rings is 1. The van der Waals surface area contributed by atoms with Gasteiger partial charge in [-0.15, -0.1) is 0 Å². The van der Waals surface area contributed by atoms with E-state index in [2.05, 4.69) is 11.8 Å². The van der Waals surface area contributed by atoms with Gasteiger partial charge in [0.15, 0.2) is 0 Å². The van der Waals surface area contributed by atoms with Crippen LogP contribution in [0.4, 0.5) is 0 Å². The van der Waals surface area contributed by atoms with E-state index in [-0.39, 0.29) is 0 Å². The van der Waals surface area contributed by atoms with E-state index < -0.39 is 0 Å². The summed E-state index contributed by atoms with van der Waals surface area (Å²) in [5, 5.41) is 0. The molecule has 20 heavy (non-hydrogen) atoms. The molecule has 0 aromatic heterocycles. The van der Waals surface area contributed by atoms with Crippen molar-refractivity contribution in [2.24, 2.45) is 23.5 Å². The molecule has 2 N–H and O–H groups in total. The Morgan fingerprint density at radius 3 is 2.75 bits per heavy atom. The summed E-state index contributed by atoms with van der Waals surface area (Å²) in [5.41, 5.74) is 6.47. The van der Waals surface area contributed by atoms with Crippen molar-refractivity contribution in [3.63, 3.8) is 0 Å². The fraction of sp³-hybridized carbons (Fsp3) is 1.00. The van der Waals surface area contributed by atoms with Gasteiger partial charge >= 0.3 is 0 Å². The van der Waals surface area contributed by atoms with Crippen LogP contribution in [-0.2, 0) is 0 Å². The summed E-state index contributed by atoms with van der Waals surface area (Å²) >= 11 is 0. The van der Waals surface area contributed by atoms with E-state index >= 15 is 0 Å². The van der Waals surface area contributed by atoms with Gasteiger partial charge in [0.1, 0.15) is 0 Å². The maximum absolute atomic E-state index is 6.47. The predicted octanol–water partition coefficient (Wildman–Crippen LogP) is 3.79. The second-order valence-electron chi connectivity index (χ2n) is 7.79. The van der Waals surface area contributed by atoms with Crippen LogP contribution in [-0.4, -0.2) is 30.1 Å². The average molecular weight is 278 g/mol. The number of likely N-dealkylation sites (tertiary alicyclic amines) is 1. The molecule has 2 heteroatoms. The molecule has 3 fully saturated rings. The first-order chi connectivity index (χ1) is 9.78. The van der Waals surface area contributed by atoms with Gasteiger partial charge < -0.3 is 5.73 Å². The summed E-state index contributed by atoms with van der Waals surface area (Å²) in [6, 6.07) is 1.40. The first-order valence-electron chi connectivity index (χ1n) is 9.27. The second-order valence-corrected chi connectivity index (χ2v) is 7.79. The molecule has 5 unspecified atom stereocenters. The molecule has 0 radical (unpaired) electrons. The molecular weight excluding hydrogens is 244 g/mol. The van der Waals surface area contributed by atoms with Crippen molar-refractivity contribution in [2.45, 2.75) is 83.2 Å². The summed E-state index contributed by atoms with van der Waals surface area (Å²) in [4.78, 5) is 2.85. The van der Waals surface area contributed by atoms with E-state index in [1.54, 1.807) is 0 Å². The van der Waals surface area contributed by atoms with E-state index in [0.29, 0.717) is 6.04 Å². The predicted molar refractivity (Wildman–Crippen MR) is 85.7 cm³/mol. The SMILES string of the molecule is CCCC1CCC(N)C(CN2CCCC3CCCC32)C1. The molecule has 3 aliphatic rings. The standard InChI is InChI=1S/C18H34N2/c1-2-5-14-9-10-17(19)16(12-14)13-20-11-4-7-15-6-3-8-18(15)20/h14-18H,2-13,19H2,1H3. The lowest BCUT2D eigenvalue weighted by Crippen LogP contribution is -2.49. The summed E-state index contributed by atoms with van der Waals surface area (Å²) in [6.07, 6.45) is 14.2. The van der Waals surface area contributed by atoms with E-state index in [4.69, 9.17) is 5.73 Å². The Kier molecular flexibility index (Phi) is 5.04. The van der Waals surface area contributed by atoms with Crippen LogP contribution in [0.25, 0.3) is 0 Å². The highest BCUT2D eigenvalue weighted by atomic mass is 15.2. The summed E-state index contributed by atoms with van der Waals surface area (Å²) in [7, 11) is 0. The van der Waals surface area contributed by atoms with Gasteiger partial charge in [0.25, 0.3) is 0 Å². The molecular formula is C18H34N2. The maximum Gasteiger partial charge on any atom is 0.0124 e. The van der Waals surface area contributed by atoms with E-state index in [9.17, 15) is 0 Å². The number of nitrogens with zero attached hydrogens (tertiary/aromatic N) is 1. The van der Waals surface area contributed by atoms with Crippen LogP contribution >= 0.6 is 0 Å². The van der Waals surface area contributed by atoms with Crippen LogP contribution in [0.15, 0.2) is 0 Å². The summed E-state index contributed by atoms with van der Waals surface area (Å²) in [6.45, 7) is 4.99. The Morgan fingerprint density at radius 2 is 1.90 bits per heavy atom. The molecule has 2 aliphatic carbocycles. The largest absolute Gasteiger partial charge is 0.327 e. The van der Waals surface area contributed by atoms with Gasteiger partial charge in [-0.05, 0) is 69.2 Å². The monoisotopic (exact) mass is 278 g/mol. The van der Waals surface area contributed by atoms with Gasteiger partial charge in [-0.2, -0.15) is 0 Å². The van der Waals surface area contributed by atoms with Crippen molar-refractivity contribution in [2.75, 3.05) is 13.1 Å². The molecule has 0 aromatic carbocycles. The summed E-state index contributed by atoms with van der Waals surface area (Å²) in [5.74, 6) is 2.77. The van der Waals surface area contributed by atoms with E-state index in [1.165, 1.54) is 77.3 Å². The van der Waals surface area contributed by atoms with Crippen molar-refractivity contribution in [1.82, 2.24) is 4.90 Å². The minimum absolute atomic E-state index is 0.477. The zero-order chi connectivity index (χ0) is 13.9. The highest BCUT2D eigenvalue weighted by Gasteiger charge is 2.37. The minimum Gasteiger partial charge on any atom is -0.327 e. The third-order valence-corrected chi connectivity index (χ3v) is 6.42. The zero-order valence-corrected chi connectivity index (χ0v) is 13.4. The fourth-order valence-corrected chi connectivity index (χ4v) is 5.35. The number of hydrogen-bond acceptors (Lipinski definition) is 2. The maximum atomic E-state index is 6.47. The van der Waals surface area contributed by atoms with Crippen LogP contribution in [0.2, 0.25) is 0 Å². The van der Waals surface area contributed by atoms with Crippen LogP contribution in [0.3, 0.4) is 0 Å². The molecule has 2 saturated carbocycles. The number of rotatable bonds is 4. The van der Waals surface area contributed by atoms with Crippen LogP contribution in [0, 0.1) is 17.8 Å². The molecule has 5 atom stereocenters. The molecule has 0 amide bonds. The zero-order valence-electron chi connectivity index (χ0n) is 13.4. The Balaban J connectivity index is 1.57. The van der Waals surface area contributed by atoms with Gasteiger partial charge in [0.2, 0.25) is 0 Å². The Labute approximate surface area is 125 Å². The van der Waals surface area contributed by atoms with Crippen molar-refractivity contribution in [3.8, 4) is 0 Å². The van der Waals surface area contributed by atoms with Gasteiger partial charge in [0, 0.05) is 18.6 Å². The van der Waals surface area contributed by atoms with Gasteiger partial charge in [-0.25, -0.2) is 0 Å². The van der Waals surface area contributed by atoms with Crippen molar-refractivity contribution in [3.05, 3.63) is 0 Å². The Bertz CT molecular complexity index is 304. The quantitative estimate of drug-likeness (QED) is 0.847. The third kappa shape index (κ3) is 3.22. The normalized spacial score (nSPS) is 42.6. The lowest BCUT2D eigenvalue weighted by atomic mass is 9.76. The van der Waals surface area contributed by atoms with Crippen LogP contribution in [0.5, 0.6) is 0 Å². The molecule has 0 aromatic rings. The minimum atomic E-state index is 0.477. The van der Waals surface area contributed by atoms with E-state index in [1.807, 2.05) is 0 Å². The molecule has 1 saturated heterocycles. The van der Waals surface area contributed by atoms with Crippen molar-refractivity contribution in [1.29, 1.82) is 0 Å². The van der Waals surface area contributed by atoms with Gasteiger partial charge in [0.05, 0.1) is 0 Å². The van der Waals surface area contributed by atoms with Crippen molar-refractivity contribution < 1.29 is 0 Å². The number of hydrogen-bond donors (Lipinski definition) is 1. The van der Waals surface area contributed by atoms with Gasteiger partial charge in [-0.1, -0.05) is 26.2 Å².